The molecule has 2 fully saturated rings. The summed E-state index contributed by atoms with van der Waals surface area (Å²) < 4.78 is 21.9. The van der Waals surface area contributed by atoms with Gasteiger partial charge in [-0.3, -0.25) is 0 Å². The van der Waals surface area contributed by atoms with Gasteiger partial charge in [0.1, 0.15) is 9.84 Å². The summed E-state index contributed by atoms with van der Waals surface area (Å²) in [5, 5.41) is 0. The smallest absolute Gasteiger partial charge is 0.150 e. The van der Waals surface area contributed by atoms with Crippen molar-refractivity contribution in [1.82, 2.24) is 0 Å². The quantitative estimate of drug-likeness (QED) is 0.529. The first-order chi connectivity index (χ1) is 4.62. The van der Waals surface area contributed by atoms with E-state index in [9.17, 15) is 8.42 Å². The predicted octanol–water partition coefficient (Wildman–Crippen LogP) is 0.975. The average Bonchev–Trinajstić information content (AvgIpc) is 2.60. The molecule has 0 radical (unpaired) electrons. The van der Waals surface area contributed by atoms with Gasteiger partial charge in [-0.25, -0.2) is 8.42 Å². The zero-order chi connectivity index (χ0) is 7.24. The maximum atomic E-state index is 11.0. The maximum absolute atomic E-state index is 11.0. The minimum Gasteiger partial charge on any atom is -0.229 e. The van der Waals surface area contributed by atoms with Crippen LogP contribution >= 0.6 is 0 Å². The molecule has 0 atom stereocenters. The van der Waals surface area contributed by atoms with E-state index in [1.54, 1.807) is 0 Å². The van der Waals surface area contributed by atoms with E-state index in [4.69, 9.17) is 0 Å². The molecule has 1 saturated heterocycles. The number of rotatable bonds is 0. The van der Waals surface area contributed by atoms with E-state index in [2.05, 4.69) is 0 Å². The van der Waals surface area contributed by atoms with Gasteiger partial charge in [-0.15, -0.1) is 0 Å². The molecule has 2 aliphatic rings. The largest absolute Gasteiger partial charge is 0.229 e. The summed E-state index contributed by atoms with van der Waals surface area (Å²) >= 11 is 0. The van der Waals surface area contributed by atoms with Gasteiger partial charge in [-0.1, -0.05) is 0 Å². The molecule has 3 heteroatoms. The molecule has 0 N–H and O–H groups in total. The Morgan fingerprint density at radius 3 is 1.80 bits per heavy atom. The lowest BCUT2D eigenvalue weighted by Crippen LogP contribution is -2.23. The highest BCUT2D eigenvalue weighted by atomic mass is 32.2. The summed E-state index contributed by atoms with van der Waals surface area (Å²) in [5.41, 5.74) is 0.505. The molecule has 0 aromatic heterocycles. The van der Waals surface area contributed by atoms with Crippen molar-refractivity contribution in [3.8, 4) is 0 Å². The molecular formula is C7H12O2S. The zero-order valence-electron chi connectivity index (χ0n) is 5.97. The first-order valence-corrected chi connectivity index (χ1v) is 5.65. The van der Waals surface area contributed by atoms with Gasteiger partial charge in [0, 0.05) is 0 Å². The Bertz CT molecular complexity index is 220. The molecular weight excluding hydrogens is 148 g/mol. The Hall–Kier alpha value is -0.0500. The molecule has 1 saturated carbocycles. The lowest BCUT2D eigenvalue weighted by atomic mass is 10.0. The van der Waals surface area contributed by atoms with Crippen LogP contribution in [0.15, 0.2) is 0 Å². The van der Waals surface area contributed by atoms with Crippen LogP contribution in [-0.4, -0.2) is 19.9 Å². The number of sulfone groups is 1. The van der Waals surface area contributed by atoms with Crippen LogP contribution in [0.3, 0.4) is 0 Å². The van der Waals surface area contributed by atoms with Crippen molar-refractivity contribution in [3.63, 3.8) is 0 Å². The third-order valence-corrected chi connectivity index (χ3v) is 4.50. The van der Waals surface area contributed by atoms with Crippen LogP contribution in [0.2, 0.25) is 0 Å². The Morgan fingerprint density at radius 1 is 0.900 bits per heavy atom. The molecule has 0 aromatic carbocycles. The maximum Gasteiger partial charge on any atom is 0.150 e. The monoisotopic (exact) mass is 160 g/mol. The Labute approximate surface area is 61.5 Å². The molecule has 58 valence electrons. The first-order valence-electron chi connectivity index (χ1n) is 3.82. The molecule has 0 unspecified atom stereocenters. The normalized spacial score (nSPS) is 34.0. The van der Waals surface area contributed by atoms with E-state index in [1.807, 2.05) is 0 Å². The Balaban J connectivity index is 2.08. The molecule has 0 bridgehead atoms. The van der Waals surface area contributed by atoms with Crippen molar-refractivity contribution in [2.75, 3.05) is 11.5 Å². The minimum atomic E-state index is -2.61. The fourth-order valence-electron chi connectivity index (χ4n) is 1.65. The van der Waals surface area contributed by atoms with E-state index in [1.165, 1.54) is 12.8 Å². The van der Waals surface area contributed by atoms with Gasteiger partial charge in [0.2, 0.25) is 0 Å². The van der Waals surface area contributed by atoms with Crippen LogP contribution in [0.4, 0.5) is 0 Å². The van der Waals surface area contributed by atoms with Gasteiger partial charge in [0.05, 0.1) is 11.5 Å². The van der Waals surface area contributed by atoms with E-state index >= 15 is 0 Å². The van der Waals surface area contributed by atoms with Crippen molar-refractivity contribution >= 4 is 9.84 Å². The molecule has 1 heterocycles. The van der Waals surface area contributed by atoms with Gasteiger partial charge in [-0.2, -0.15) is 0 Å². The van der Waals surface area contributed by atoms with Crippen LogP contribution < -0.4 is 0 Å². The van der Waals surface area contributed by atoms with Gasteiger partial charge in [0.15, 0.2) is 0 Å². The third-order valence-electron chi connectivity index (χ3n) is 2.84. The molecule has 0 aromatic rings. The SMILES string of the molecule is O=S1(=O)CCC2(CC2)CC1. The van der Waals surface area contributed by atoms with Gasteiger partial charge in [0.25, 0.3) is 0 Å². The summed E-state index contributed by atoms with van der Waals surface area (Å²) in [5.74, 6) is 0.903. The number of hydrogen-bond donors (Lipinski definition) is 0. The molecule has 1 spiro atoms. The molecule has 0 amide bonds. The van der Waals surface area contributed by atoms with E-state index in [0.717, 1.165) is 12.8 Å². The lowest BCUT2D eigenvalue weighted by Gasteiger charge is -2.20. The highest BCUT2D eigenvalue weighted by Gasteiger charge is 2.46. The summed E-state index contributed by atoms with van der Waals surface area (Å²) in [6.07, 6.45) is 4.44. The third kappa shape index (κ3) is 1.07. The Morgan fingerprint density at radius 2 is 1.40 bits per heavy atom. The Kier molecular flexibility index (Phi) is 1.17. The zero-order valence-corrected chi connectivity index (χ0v) is 6.78. The summed E-state index contributed by atoms with van der Waals surface area (Å²) in [4.78, 5) is 0. The summed E-state index contributed by atoms with van der Waals surface area (Å²) in [6, 6.07) is 0. The standard InChI is InChI=1S/C7H12O2S/c8-10(9)5-3-7(1-2-7)4-6-10/h1-6H2. The second-order valence-corrected chi connectivity index (χ2v) is 5.96. The fourth-order valence-corrected chi connectivity index (χ4v) is 3.34. The van der Waals surface area contributed by atoms with Crippen LogP contribution in [-0.2, 0) is 9.84 Å². The fraction of sp³-hybridized carbons (Fsp3) is 1.00. The number of hydrogen-bond acceptors (Lipinski definition) is 2. The van der Waals surface area contributed by atoms with Crippen LogP contribution in [0, 0.1) is 5.41 Å². The van der Waals surface area contributed by atoms with Crippen molar-refractivity contribution in [1.29, 1.82) is 0 Å². The predicted molar refractivity (Wildman–Crippen MR) is 39.6 cm³/mol. The highest BCUT2D eigenvalue weighted by molar-refractivity contribution is 7.91. The first kappa shape index (κ1) is 6.65. The molecule has 10 heavy (non-hydrogen) atoms. The van der Waals surface area contributed by atoms with Crippen LogP contribution in [0.5, 0.6) is 0 Å². The summed E-state index contributed by atoms with van der Waals surface area (Å²) in [6.45, 7) is 0. The van der Waals surface area contributed by atoms with Gasteiger partial charge in [-0.05, 0) is 31.1 Å². The van der Waals surface area contributed by atoms with Crippen LogP contribution in [0.1, 0.15) is 25.7 Å². The van der Waals surface area contributed by atoms with E-state index in [-0.39, 0.29) is 0 Å². The molecule has 1 aliphatic heterocycles. The topological polar surface area (TPSA) is 34.1 Å². The average molecular weight is 160 g/mol. The lowest BCUT2D eigenvalue weighted by molar-refractivity contribution is 0.447. The van der Waals surface area contributed by atoms with Gasteiger partial charge < -0.3 is 0 Å². The second kappa shape index (κ2) is 1.76. The van der Waals surface area contributed by atoms with E-state index < -0.39 is 9.84 Å². The van der Waals surface area contributed by atoms with Crippen molar-refractivity contribution in [2.45, 2.75) is 25.7 Å². The minimum absolute atomic E-state index is 0.451. The van der Waals surface area contributed by atoms with E-state index in [0.29, 0.717) is 16.9 Å². The molecule has 1 aliphatic carbocycles. The van der Waals surface area contributed by atoms with Crippen molar-refractivity contribution < 1.29 is 8.42 Å². The molecule has 2 rings (SSSR count). The molecule has 2 nitrogen and oxygen atoms in total. The highest BCUT2D eigenvalue weighted by Crippen LogP contribution is 2.53. The van der Waals surface area contributed by atoms with Crippen molar-refractivity contribution in [2.24, 2.45) is 5.41 Å². The van der Waals surface area contributed by atoms with Gasteiger partial charge >= 0.3 is 0 Å². The van der Waals surface area contributed by atoms with Crippen molar-refractivity contribution in [3.05, 3.63) is 0 Å². The second-order valence-electron chi connectivity index (χ2n) is 3.65. The van der Waals surface area contributed by atoms with Crippen LogP contribution in [0.25, 0.3) is 0 Å². The summed E-state index contributed by atoms with van der Waals surface area (Å²) in [7, 11) is -2.61.